The molecule has 0 aliphatic rings. The Kier molecular flexibility index (Phi) is 7.57. The molecule has 12 nitrogen and oxygen atoms in total. The molecule has 3 aromatic rings. The molecule has 0 bridgehead atoms. The van der Waals surface area contributed by atoms with Gasteiger partial charge in [0.05, 0.1) is 10.6 Å². The highest BCUT2D eigenvalue weighted by molar-refractivity contribution is 7.94. The third-order valence-electron chi connectivity index (χ3n) is 3.95. The fourth-order valence-electron chi connectivity index (χ4n) is 2.33. The molecule has 0 saturated heterocycles. The van der Waals surface area contributed by atoms with E-state index in [1.807, 2.05) is 0 Å². The van der Waals surface area contributed by atoms with Crippen LogP contribution in [0.25, 0.3) is 0 Å². The lowest BCUT2D eigenvalue weighted by Crippen LogP contribution is -2.25. The van der Waals surface area contributed by atoms with Crippen molar-refractivity contribution in [2.75, 3.05) is 29.9 Å². The van der Waals surface area contributed by atoms with E-state index >= 15 is 0 Å². The molecule has 3 rings (SSSR count). The van der Waals surface area contributed by atoms with E-state index in [-0.39, 0.29) is 20.1 Å². The van der Waals surface area contributed by atoms with Crippen LogP contribution < -0.4 is 14.4 Å². The Morgan fingerprint density at radius 1 is 1.21 bits per heavy atom. The highest BCUT2D eigenvalue weighted by Crippen LogP contribution is 2.27. The summed E-state index contributed by atoms with van der Waals surface area (Å²) in [6, 6.07) is 9.19. The first-order valence-electron chi connectivity index (χ1n) is 8.98. The first kappa shape index (κ1) is 24.1. The van der Waals surface area contributed by atoms with Gasteiger partial charge in [-0.15, -0.1) is 11.3 Å². The van der Waals surface area contributed by atoms with Crippen molar-refractivity contribution < 1.29 is 32.4 Å². The molecule has 0 spiro atoms. The van der Waals surface area contributed by atoms with Crippen LogP contribution in [0.2, 0.25) is 0 Å². The molecule has 0 atom stereocenters. The van der Waals surface area contributed by atoms with Crippen LogP contribution in [0.5, 0.6) is 5.75 Å². The lowest BCUT2D eigenvalue weighted by Gasteiger charge is -2.18. The molecular formula is C18H16N4O8S3. The summed E-state index contributed by atoms with van der Waals surface area (Å²) in [7, 11) is -2.24. The number of hydrogen-bond acceptors (Lipinski definition) is 11. The number of aromatic nitrogens is 1. The fourth-order valence-corrected chi connectivity index (χ4v) is 5.33. The number of esters is 1. The van der Waals surface area contributed by atoms with E-state index in [0.717, 1.165) is 21.8 Å². The van der Waals surface area contributed by atoms with Crippen LogP contribution in [0, 0.1) is 10.1 Å². The Balaban J connectivity index is 1.45. The number of nitrogens with zero attached hydrogens (tertiary/aromatic N) is 3. The summed E-state index contributed by atoms with van der Waals surface area (Å²) in [6.45, 7) is -1.11. The quantitative estimate of drug-likeness (QED) is 0.245. The molecular weight excluding hydrogens is 496 g/mol. The number of thiazole rings is 1. The summed E-state index contributed by atoms with van der Waals surface area (Å²) >= 11 is 1.78. The highest BCUT2D eigenvalue weighted by Gasteiger charge is 2.22. The van der Waals surface area contributed by atoms with Gasteiger partial charge in [-0.2, -0.15) is 0 Å². The lowest BCUT2D eigenvalue weighted by molar-refractivity contribution is -0.380. The molecule has 0 unspecified atom stereocenters. The zero-order valence-electron chi connectivity index (χ0n) is 16.9. The van der Waals surface area contributed by atoms with Crippen molar-refractivity contribution in [2.24, 2.45) is 0 Å². The Hall–Kier alpha value is -3.56. The Morgan fingerprint density at radius 3 is 2.55 bits per heavy atom. The summed E-state index contributed by atoms with van der Waals surface area (Å²) in [5, 5.41) is 14.3. The van der Waals surface area contributed by atoms with E-state index in [9.17, 15) is 28.1 Å². The molecule has 0 radical (unpaired) electrons. The standard InChI is InChI=1S/C18H16N4O8S3/c1-21(33(27,28)17-3-2-8-31-17)12-4-6-13(7-5-12)29-11-16(24)30-10-14(23)20-18-19-9-15(32-18)22(25)26/h2-9H,10-11H2,1H3,(H,19,20,23). The number of nitrogens with one attached hydrogen (secondary N) is 1. The summed E-state index contributed by atoms with van der Waals surface area (Å²) in [5.41, 5.74) is 0.400. The van der Waals surface area contributed by atoms with Crippen molar-refractivity contribution in [2.45, 2.75) is 4.21 Å². The van der Waals surface area contributed by atoms with Crippen molar-refractivity contribution >= 4 is 60.4 Å². The molecule has 1 aromatic carbocycles. The molecule has 2 heterocycles. The summed E-state index contributed by atoms with van der Waals surface area (Å²) in [6.07, 6.45) is 1.00. The minimum Gasteiger partial charge on any atom is -0.482 e. The molecule has 33 heavy (non-hydrogen) atoms. The monoisotopic (exact) mass is 512 g/mol. The number of nitro groups is 1. The molecule has 0 aliphatic heterocycles. The van der Waals surface area contributed by atoms with Gasteiger partial charge in [0.1, 0.15) is 16.2 Å². The predicted molar refractivity (Wildman–Crippen MR) is 120 cm³/mol. The molecule has 0 saturated carbocycles. The van der Waals surface area contributed by atoms with Gasteiger partial charge in [-0.25, -0.2) is 18.2 Å². The Bertz CT molecular complexity index is 1240. The Morgan fingerprint density at radius 2 is 1.94 bits per heavy atom. The molecule has 0 aliphatic carbocycles. The van der Waals surface area contributed by atoms with E-state index in [1.165, 1.54) is 37.4 Å². The van der Waals surface area contributed by atoms with Crippen molar-refractivity contribution in [3.8, 4) is 5.75 Å². The average Bonchev–Trinajstić information content (AvgIpc) is 3.49. The van der Waals surface area contributed by atoms with Gasteiger partial charge in [0, 0.05) is 7.05 Å². The highest BCUT2D eigenvalue weighted by atomic mass is 32.2. The number of rotatable bonds is 10. The third kappa shape index (κ3) is 6.24. The number of ether oxygens (including phenoxy) is 2. The first-order chi connectivity index (χ1) is 15.7. The number of benzene rings is 1. The average molecular weight is 513 g/mol. The van der Waals surface area contributed by atoms with Crippen LogP contribution >= 0.6 is 22.7 Å². The molecule has 1 amide bonds. The maximum atomic E-state index is 12.5. The van der Waals surface area contributed by atoms with Gasteiger partial charge in [0.25, 0.3) is 15.9 Å². The fraction of sp³-hybridized carbons (Fsp3) is 0.167. The maximum absolute atomic E-state index is 12.5. The van der Waals surface area contributed by atoms with Gasteiger partial charge < -0.3 is 9.47 Å². The molecule has 15 heteroatoms. The first-order valence-corrected chi connectivity index (χ1v) is 12.1. The number of amides is 1. The maximum Gasteiger partial charge on any atom is 0.345 e. The number of carbonyl (C=O) groups excluding carboxylic acids is 2. The van der Waals surface area contributed by atoms with Crippen LogP contribution in [0.3, 0.4) is 0 Å². The van der Waals surface area contributed by atoms with Crippen LogP contribution in [-0.4, -0.2) is 50.5 Å². The largest absolute Gasteiger partial charge is 0.482 e. The lowest BCUT2D eigenvalue weighted by atomic mass is 10.3. The van der Waals surface area contributed by atoms with Gasteiger partial charge >= 0.3 is 11.0 Å². The van der Waals surface area contributed by atoms with Crippen molar-refractivity contribution in [1.29, 1.82) is 0 Å². The third-order valence-corrected chi connectivity index (χ3v) is 7.97. The second-order valence-corrected chi connectivity index (χ2v) is 10.3. The van der Waals surface area contributed by atoms with Crippen molar-refractivity contribution in [1.82, 2.24) is 4.98 Å². The van der Waals surface area contributed by atoms with E-state index < -0.39 is 40.0 Å². The van der Waals surface area contributed by atoms with E-state index in [0.29, 0.717) is 17.0 Å². The smallest absolute Gasteiger partial charge is 0.345 e. The van der Waals surface area contributed by atoms with Gasteiger partial charge in [-0.3, -0.25) is 24.5 Å². The van der Waals surface area contributed by atoms with E-state index in [2.05, 4.69) is 10.3 Å². The second kappa shape index (κ2) is 10.4. The van der Waals surface area contributed by atoms with Crippen LogP contribution in [0.4, 0.5) is 15.8 Å². The number of carbonyl (C=O) groups is 2. The zero-order valence-corrected chi connectivity index (χ0v) is 19.3. The van der Waals surface area contributed by atoms with Crippen molar-refractivity contribution in [3.63, 3.8) is 0 Å². The van der Waals surface area contributed by atoms with Crippen LogP contribution in [0.1, 0.15) is 0 Å². The normalized spacial score (nSPS) is 10.9. The van der Waals surface area contributed by atoms with Gasteiger partial charge in [-0.05, 0) is 47.0 Å². The second-order valence-electron chi connectivity index (χ2n) is 6.16. The predicted octanol–water partition coefficient (Wildman–Crippen LogP) is 2.50. The molecule has 174 valence electrons. The topological polar surface area (TPSA) is 158 Å². The van der Waals surface area contributed by atoms with Crippen molar-refractivity contribution in [3.05, 3.63) is 58.1 Å². The molecule has 2 aromatic heterocycles. The minimum atomic E-state index is -3.67. The Labute approximate surface area is 195 Å². The van der Waals surface area contributed by atoms with Gasteiger partial charge in [-0.1, -0.05) is 6.07 Å². The van der Waals surface area contributed by atoms with Crippen LogP contribution in [-0.2, 0) is 24.3 Å². The number of thiophene rings is 1. The molecule has 1 N–H and O–H groups in total. The number of hydrogen-bond donors (Lipinski definition) is 1. The van der Waals surface area contributed by atoms with Crippen LogP contribution in [0.15, 0.2) is 52.2 Å². The number of anilines is 2. The van der Waals surface area contributed by atoms with E-state index in [1.54, 1.807) is 11.4 Å². The summed E-state index contributed by atoms with van der Waals surface area (Å²) in [5.74, 6) is -1.25. The SMILES string of the molecule is CN(c1ccc(OCC(=O)OCC(=O)Nc2ncc([N+](=O)[O-])s2)cc1)S(=O)(=O)c1cccs1. The zero-order chi connectivity index (χ0) is 24.0. The summed E-state index contributed by atoms with van der Waals surface area (Å²) in [4.78, 5) is 37.2. The molecule has 0 fully saturated rings. The van der Waals surface area contributed by atoms with Gasteiger partial charge in [0.15, 0.2) is 18.3 Å². The number of sulfonamides is 1. The summed E-state index contributed by atoms with van der Waals surface area (Å²) < 4.78 is 36.5. The van der Waals surface area contributed by atoms with Gasteiger partial charge in [0.2, 0.25) is 0 Å². The van der Waals surface area contributed by atoms with E-state index in [4.69, 9.17) is 9.47 Å². The minimum absolute atomic E-state index is 0.00477.